The highest BCUT2D eigenvalue weighted by Crippen LogP contribution is 2.17. The Kier molecular flexibility index (Phi) is 6.22. The normalized spacial score (nSPS) is 22.8. The van der Waals surface area contributed by atoms with Gasteiger partial charge in [-0.3, -0.25) is 0 Å². The zero-order valence-electron chi connectivity index (χ0n) is 10.5. The number of rotatable bonds is 7. The van der Waals surface area contributed by atoms with E-state index in [0.717, 1.165) is 32.2 Å². The van der Waals surface area contributed by atoms with E-state index >= 15 is 0 Å². The minimum absolute atomic E-state index is 0.707. The molecule has 0 aliphatic carbocycles. The third-order valence-electron chi connectivity index (χ3n) is 3.11. The Morgan fingerprint density at radius 3 is 2.87 bits per heavy atom. The van der Waals surface area contributed by atoms with E-state index in [9.17, 15) is 0 Å². The van der Waals surface area contributed by atoms with Crippen LogP contribution in [0, 0.1) is 5.92 Å². The van der Waals surface area contributed by atoms with E-state index in [1.807, 2.05) is 6.92 Å². The van der Waals surface area contributed by atoms with Crippen molar-refractivity contribution < 1.29 is 4.74 Å². The monoisotopic (exact) mass is 214 g/mol. The lowest BCUT2D eigenvalue weighted by Crippen LogP contribution is -2.31. The predicted octanol–water partition coefficient (Wildman–Crippen LogP) is 1.34. The van der Waals surface area contributed by atoms with Crippen LogP contribution in [-0.4, -0.2) is 50.3 Å². The number of nitrogens with zero attached hydrogens (tertiary/aromatic N) is 1. The molecule has 0 aromatic rings. The lowest BCUT2D eigenvalue weighted by atomic mass is 10.1. The maximum atomic E-state index is 5.28. The first-order valence-corrected chi connectivity index (χ1v) is 6.26. The first kappa shape index (κ1) is 12.9. The van der Waals surface area contributed by atoms with Gasteiger partial charge in [0.15, 0.2) is 0 Å². The molecule has 1 unspecified atom stereocenters. The number of hydrogen-bond acceptors (Lipinski definition) is 3. The smallest absolute Gasteiger partial charge is 0.0590 e. The van der Waals surface area contributed by atoms with Crippen molar-refractivity contribution in [3.63, 3.8) is 0 Å². The van der Waals surface area contributed by atoms with Crippen LogP contribution in [-0.2, 0) is 4.74 Å². The summed E-state index contributed by atoms with van der Waals surface area (Å²) in [6, 6.07) is 0.707. The SMILES string of the molecule is CCOCCNCC1CCN(C(C)C)C1. The number of hydrogen-bond donors (Lipinski definition) is 1. The third kappa shape index (κ3) is 4.96. The van der Waals surface area contributed by atoms with Crippen LogP contribution >= 0.6 is 0 Å². The van der Waals surface area contributed by atoms with E-state index in [1.54, 1.807) is 0 Å². The Bertz CT molecular complexity index is 162. The second-order valence-electron chi connectivity index (χ2n) is 4.64. The van der Waals surface area contributed by atoms with Crippen LogP contribution in [0.15, 0.2) is 0 Å². The predicted molar refractivity (Wildman–Crippen MR) is 64.2 cm³/mol. The molecule has 1 aliphatic rings. The molecule has 0 amide bonds. The van der Waals surface area contributed by atoms with Gasteiger partial charge in [0.25, 0.3) is 0 Å². The van der Waals surface area contributed by atoms with Gasteiger partial charge in [-0.25, -0.2) is 0 Å². The minimum Gasteiger partial charge on any atom is -0.380 e. The van der Waals surface area contributed by atoms with Crippen molar-refractivity contribution in [2.45, 2.75) is 33.2 Å². The average Bonchev–Trinajstić information content (AvgIpc) is 2.66. The summed E-state index contributed by atoms with van der Waals surface area (Å²) in [6.07, 6.45) is 1.35. The van der Waals surface area contributed by atoms with Crippen molar-refractivity contribution >= 4 is 0 Å². The first-order chi connectivity index (χ1) is 7.24. The molecule has 1 saturated heterocycles. The fraction of sp³-hybridized carbons (Fsp3) is 1.00. The maximum Gasteiger partial charge on any atom is 0.0590 e. The topological polar surface area (TPSA) is 24.5 Å². The van der Waals surface area contributed by atoms with Gasteiger partial charge in [0.2, 0.25) is 0 Å². The number of likely N-dealkylation sites (tertiary alicyclic amines) is 1. The third-order valence-corrected chi connectivity index (χ3v) is 3.11. The van der Waals surface area contributed by atoms with Crippen LogP contribution in [0.4, 0.5) is 0 Å². The van der Waals surface area contributed by atoms with E-state index in [-0.39, 0.29) is 0 Å². The van der Waals surface area contributed by atoms with Crippen LogP contribution in [0.2, 0.25) is 0 Å². The molecule has 1 fully saturated rings. The van der Waals surface area contributed by atoms with Crippen LogP contribution in [0.3, 0.4) is 0 Å². The molecule has 0 spiro atoms. The standard InChI is InChI=1S/C12H26N2O/c1-4-15-8-6-13-9-12-5-7-14(10-12)11(2)3/h11-13H,4-10H2,1-3H3. The van der Waals surface area contributed by atoms with Crippen LogP contribution < -0.4 is 5.32 Å². The molecule has 1 rings (SSSR count). The van der Waals surface area contributed by atoms with Crippen molar-refractivity contribution in [3.8, 4) is 0 Å². The van der Waals surface area contributed by atoms with Gasteiger partial charge in [0.1, 0.15) is 0 Å². The molecule has 1 heterocycles. The summed E-state index contributed by atoms with van der Waals surface area (Å²) in [6.45, 7) is 13.0. The minimum atomic E-state index is 0.707. The van der Waals surface area contributed by atoms with Gasteiger partial charge in [-0.05, 0) is 46.2 Å². The van der Waals surface area contributed by atoms with E-state index in [4.69, 9.17) is 4.74 Å². The lowest BCUT2D eigenvalue weighted by molar-refractivity contribution is 0.148. The van der Waals surface area contributed by atoms with Crippen molar-refractivity contribution in [2.75, 3.05) is 39.4 Å². The molecule has 3 nitrogen and oxygen atoms in total. The molecule has 15 heavy (non-hydrogen) atoms. The fourth-order valence-corrected chi connectivity index (χ4v) is 2.09. The molecule has 0 saturated carbocycles. The molecule has 3 heteroatoms. The van der Waals surface area contributed by atoms with Gasteiger partial charge in [-0.1, -0.05) is 0 Å². The summed E-state index contributed by atoms with van der Waals surface area (Å²) >= 11 is 0. The number of nitrogens with one attached hydrogen (secondary N) is 1. The molecule has 0 bridgehead atoms. The highest BCUT2D eigenvalue weighted by atomic mass is 16.5. The molecule has 1 aliphatic heterocycles. The van der Waals surface area contributed by atoms with Crippen molar-refractivity contribution in [1.29, 1.82) is 0 Å². The summed E-state index contributed by atoms with van der Waals surface area (Å²) in [7, 11) is 0. The van der Waals surface area contributed by atoms with Crippen molar-refractivity contribution in [3.05, 3.63) is 0 Å². The molecular formula is C12H26N2O. The fourth-order valence-electron chi connectivity index (χ4n) is 2.09. The summed E-state index contributed by atoms with van der Waals surface area (Å²) in [5, 5.41) is 3.47. The number of ether oxygens (including phenoxy) is 1. The molecule has 0 aromatic carbocycles. The Labute approximate surface area is 94.2 Å². The second-order valence-corrected chi connectivity index (χ2v) is 4.64. The zero-order chi connectivity index (χ0) is 11.1. The lowest BCUT2D eigenvalue weighted by Gasteiger charge is -2.20. The summed E-state index contributed by atoms with van der Waals surface area (Å²) in [5.74, 6) is 0.842. The molecule has 90 valence electrons. The Morgan fingerprint density at radius 1 is 1.47 bits per heavy atom. The van der Waals surface area contributed by atoms with Gasteiger partial charge < -0.3 is 15.0 Å². The Morgan fingerprint density at radius 2 is 2.27 bits per heavy atom. The van der Waals surface area contributed by atoms with Crippen molar-refractivity contribution in [2.24, 2.45) is 5.92 Å². The first-order valence-electron chi connectivity index (χ1n) is 6.26. The highest BCUT2D eigenvalue weighted by molar-refractivity contribution is 4.78. The van der Waals surface area contributed by atoms with E-state index in [0.29, 0.717) is 6.04 Å². The van der Waals surface area contributed by atoms with E-state index in [1.165, 1.54) is 19.5 Å². The second kappa shape index (κ2) is 7.20. The Hall–Kier alpha value is -0.120. The van der Waals surface area contributed by atoms with Gasteiger partial charge >= 0.3 is 0 Å². The van der Waals surface area contributed by atoms with Gasteiger partial charge in [0.05, 0.1) is 6.61 Å². The quantitative estimate of drug-likeness (QED) is 0.647. The van der Waals surface area contributed by atoms with E-state index in [2.05, 4.69) is 24.1 Å². The van der Waals surface area contributed by atoms with Gasteiger partial charge in [0, 0.05) is 25.7 Å². The summed E-state index contributed by atoms with van der Waals surface area (Å²) in [5.41, 5.74) is 0. The summed E-state index contributed by atoms with van der Waals surface area (Å²) in [4.78, 5) is 2.56. The zero-order valence-corrected chi connectivity index (χ0v) is 10.5. The summed E-state index contributed by atoms with van der Waals surface area (Å²) < 4.78 is 5.28. The average molecular weight is 214 g/mol. The molecule has 1 N–H and O–H groups in total. The van der Waals surface area contributed by atoms with E-state index < -0.39 is 0 Å². The maximum absolute atomic E-state index is 5.28. The molecule has 0 radical (unpaired) electrons. The Balaban J connectivity index is 1.99. The van der Waals surface area contributed by atoms with Gasteiger partial charge in [-0.15, -0.1) is 0 Å². The molecule has 1 atom stereocenters. The highest BCUT2D eigenvalue weighted by Gasteiger charge is 2.23. The van der Waals surface area contributed by atoms with Crippen LogP contribution in [0.5, 0.6) is 0 Å². The van der Waals surface area contributed by atoms with Crippen LogP contribution in [0.1, 0.15) is 27.2 Å². The largest absolute Gasteiger partial charge is 0.380 e. The van der Waals surface area contributed by atoms with Crippen molar-refractivity contribution in [1.82, 2.24) is 10.2 Å². The molecular weight excluding hydrogens is 188 g/mol. The molecule has 0 aromatic heterocycles. The van der Waals surface area contributed by atoms with Gasteiger partial charge in [-0.2, -0.15) is 0 Å². The van der Waals surface area contributed by atoms with Crippen LogP contribution in [0.25, 0.3) is 0 Å².